The Morgan fingerprint density at radius 1 is 1.24 bits per heavy atom. The summed E-state index contributed by atoms with van der Waals surface area (Å²) < 4.78 is 35.4. The molecule has 210 valence electrons. The number of halogens is 4. The summed E-state index contributed by atoms with van der Waals surface area (Å²) in [6, 6.07) is 2.04. The summed E-state index contributed by atoms with van der Waals surface area (Å²) in [6.45, 7) is 12.7. The van der Waals surface area contributed by atoms with Gasteiger partial charge in [-0.05, 0) is 31.7 Å². The van der Waals surface area contributed by atoms with Gasteiger partial charge in [-0.25, -0.2) is 8.78 Å². The van der Waals surface area contributed by atoms with Crippen LogP contribution in [0.2, 0.25) is 0 Å². The lowest BCUT2D eigenvalue weighted by atomic mass is 9.91. The second-order valence-corrected chi connectivity index (χ2v) is 11.6. The maximum atomic E-state index is 15.0. The van der Waals surface area contributed by atoms with E-state index < -0.39 is 5.92 Å². The molecule has 0 bridgehead atoms. The average molecular weight is 565 g/mol. The van der Waals surface area contributed by atoms with Crippen molar-refractivity contribution < 1.29 is 18.3 Å². The zero-order chi connectivity index (χ0) is 24.8. The lowest BCUT2D eigenvalue weighted by molar-refractivity contribution is -0.121. The van der Waals surface area contributed by atoms with Gasteiger partial charge in [-0.15, -0.1) is 24.8 Å². The molecule has 2 saturated heterocycles. The SMILES string of the molecule is C[C@@H]1CN(CC(=O)N2CC(C)(C)c3ncc(C(F)(F)CC4CC4)cc32)[C@@H](CN2CCOCC2)CN1.Cl.Cl. The van der Waals surface area contributed by atoms with Gasteiger partial charge in [0.1, 0.15) is 0 Å². The van der Waals surface area contributed by atoms with Crippen molar-refractivity contribution in [1.82, 2.24) is 20.1 Å². The fourth-order valence-electron chi connectivity index (χ4n) is 5.71. The smallest absolute Gasteiger partial charge is 0.275 e. The number of carbonyl (C=O) groups is 1. The highest BCUT2D eigenvalue weighted by molar-refractivity contribution is 5.97. The number of nitrogens with one attached hydrogen (secondary N) is 1. The van der Waals surface area contributed by atoms with E-state index in [1.807, 2.05) is 13.8 Å². The molecule has 7 nitrogen and oxygen atoms in total. The molecule has 1 aromatic rings. The van der Waals surface area contributed by atoms with Crippen molar-refractivity contribution in [3.05, 3.63) is 23.5 Å². The van der Waals surface area contributed by atoms with E-state index in [2.05, 4.69) is 27.0 Å². The monoisotopic (exact) mass is 563 g/mol. The summed E-state index contributed by atoms with van der Waals surface area (Å²) in [5.74, 6) is -2.85. The minimum Gasteiger partial charge on any atom is -0.379 e. The van der Waals surface area contributed by atoms with Gasteiger partial charge in [0.2, 0.25) is 5.91 Å². The largest absolute Gasteiger partial charge is 0.379 e. The number of anilines is 1. The van der Waals surface area contributed by atoms with Crippen LogP contribution in [0.15, 0.2) is 12.3 Å². The molecule has 1 aliphatic carbocycles. The molecule has 0 radical (unpaired) electrons. The topological polar surface area (TPSA) is 60.9 Å². The van der Waals surface area contributed by atoms with E-state index in [-0.39, 0.29) is 66.6 Å². The zero-order valence-corrected chi connectivity index (χ0v) is 23.7. The van der Waals surface area contributed by atoms with Gasteiger partial charge in [0.15, 0.2) is 0 Å². The van der Waals surface area contributed by atoms with Crippen LogP contribution in [0.4, 0.5) is 14.5 Å². The van der Waals surface area contributed by atoms with Crippen LogP contribution < -0.4 is 10.2 Å². The molecule has 0 unspecified atom stereocenters. The highest BCUT2D eigenvalue weighted by Gasteiger charge is 2.44. The summed E-state index contributed by atoms with van der Waals surface area (Å²) in [6.07, 6.45) is 2.95. The van der Waals surface area contributed by atoms with Crippen LogP contribution in [0.5, 0.6) is 0 Å². The number of piperazine rings is 1. The number of hydrogen-bond acceptors (Lipinski definition) is 6. The molecule has 3 aliphatic heterocycles. The molecule has 3 fully saturated rings. The van der Waals surface area contributed by atoms with Crippen molar-refractivity contribution in [2.45, 2.75) is 63.5 Å². The van der Waals surface area contributed by atoms with Gasteiger partial charge in [-0.1, -0.05) is 13.8 Å². The lowest BCUT2D eigenvalue weighted by Gasteiger charge is -2.42. The summed E-state index contributed by atoms with van der Waals surface area (Å²) >= 11 is 0. The van der Waals surface area contributed by atoms with Gasteiger partial charge in [0.25, 0.3) is 5.92 Å². The highest BCUT2D eigenvalue weighted by Crippen LogP contribution is 2.46. The van der Waals surface area contributed by atoms with Crippen molar-refractivity contribution in [2.24, 2.45) is 5.92 Å². The average Bonchev–Trinajstić information content (AvgIpc) is 3.58. The first kappa shape index (κ1) is 30.4. The molecule has 5 rings (SSSR count). The number of aromatic nitrogens is 1. The van der Waals surface area contributed by atoms with Gasteiger partial charge in [0.05, 0.1) is 31.1 Å². The van der Waals surface area contributed by atoms with Crippen LogP contribution in [0.1, 0.15) is 51.3 Å². The number of nitrogens with zero attached hydrogens (tertiary/aromatic N) is 4. The predicted molar refractivity (Wildman–Crippen MR) is 145 cm³/mol. The maximum Gasteiger partial charge on any atom is 0.275 e. The molecule has 0 aromatic carbocycles. The first-order valence-electron chi connectivity index (χ1n) is 13.1. The number of carbonyl (C=O) groups excluding carboxylic acids is 1. The van der Waals surface area contributed by atoms with E-state index in [9.17, 15) is 13.6 Å². The number of rotatable bonds is 7. The Balaban J connectivity index is 0.00000190. The van der Waals surface area contributed by atoms with Crippen molar-refractivity contribution >= 4 is 36.4 Å². The first-order chi connectivity index (χ1) is 16.6. The van der Waals surface area contributed by atoms with Crippen molar-refractivity contribution in [3.8, 4) is 0 Å². The quantitative estimate of drug-likeness (QED) is 0.548. The van der Waals surface area contributed by atoms with Gasteiger partial charge in [0, 0.05) is 74.9 Å². The molecule has 2 atom stereocenters. The number of pyridine rings is 1. The van der Waals surface area contributed by atoms with Crippen LogP contribution in [0, 0.1) is 5.92 Å². The predicted octanol–water partition coefficient (Wildman–Crippen LogP) is 3.44. The van der Waals surface area contributed by atoms with Crippen LogP contribution in [0.3, 0.4) is 0 Å². The molecule has 1 N–H and O–H groups in total. The number of amides is 1. The summed E-state index contributed by atoms with van der Waals surface area (Å²) in [7, 11) is 0. The number of hydrogen-bond donors (Lipinski definition) is 1. The molecular weight excluding hydrogens is 523 g/mol. The molecule has 1 aromatic heterocycles. The molecule has 1 amide bonds. The van der Waals surface area contributed by atoms with Crippen molar-refractivity contribution in [1.29, 1.82) is 0 Å². The fraction of sp³-hybridized carbons (Fsp3) is 0.769. The zero-order valence-electron chi connectivity index (χ0n) is 22.0. The van der Waals surface area contributed by atoms with Crippen LogP contribution in [0.25, 0.3) is 0 Å². The van der Waals surface area contributed by atoms with Gasteiger partial charge in [-0.2, -0.15) is 0 Å². The number of alkyl halides is 2. The molecule has 4 heterocycles. The summed E-state index contributed by atoms with van der Waals surface area (Å²) in [5, 5.41) is 3.55. The van der Waals surface area contributed by atoms with Crippen molar-refractivity contribution in [3.63, 3.8) is 0 Å². The maximum absolute atomic E-state index is 15.0. The second-order valence-electron chi connectivity index (χ2n) is 11.6. The number of ether oxygens (including phenoxy) is 1. The lowest BCUT2D eigenvalue weighted by Crippen LogP contribution is -2.61. The third-order valence-corrected chi connectivity index (χ3v) is 7.96. The Hall–Kier alpha value is -1.10. The van der Waals surface area contributed by atoms with Crippen LogP contribution in [-0.2, 0) is 20.9 Å². The van der Waals surface area contributed by atoms with Crippen LogP contribution >= 0.6 is 24.8 Å². The van der Waals surface area contributed by atoms with E-state index >= 15 is 0 Å². The van der Waals surface area contributed by atoms with Crippen molar-refractivity contribution in [2.75, 3.05) is 63.9 Å². The van der Waals surface area contributed by atoms with Crippen LogP contribution in [-0.4, -0.2) is 91.8 Å². The standard InChI is InChI=1S/C26H39F2N5O2.2ClH/c1-18-14-32(21(13-29-18)15-31-6-8-35-9-7-31)16-23(34)33-17-25(2,3)24-22(33)10-20(12-30-24)26(27,28)11-19-4-5-19;;/h10,12,18-19,21,29H,4-9,11,13-17H2,1-3H3;2*1H/t18-,21-;;/m1../s1. The first-order valence-corrected chi connectivity index (χ1v) is 13.1. The number of morpholine rings is 1. The van der Waals surface area contributed by atoms with E-state index in [1.54, 1.807) is 4.90 Å². The Morgan fingerprint density at radius 3 is 2.62 bits per heavy atom. The molecular formula is C26H41Cl2F2N5O2. The normalized spacial score (nSPS) is 26.2. The van der Waals surface area contributed by atoms with Gasteiger partial charge >= 0.3 is 0 Å². The van der Waals surface area contributed by atoms with Gasteiger partial charge < -0.3 is 15.0 Å². The third kappa shape index (κ3) is 6.92. The Bertz CT molecular complexity index is 944. The minimum atomic E-state index is -2.91. The Labute approximate surface area is 231 Å². The fourth-order valence-corrected chi connectivity index (χ4v) is 5.71. The third-order valence-electron chi connectivity index (χ3n) is 7.96. The second kappa shape index (κ2) is 12.0. The summed E-state index contributed by atoms with van der Waals surface area (Å²) in [4.78, 5) is 24.5. The number of fused-ring (bicyclic) bond motifs is 1. The molecule has 11 heteroatoms. The molecule has 37 heavy (non-hydrogen) atoms. The molecule has 4 aliphatic rings. The Morgan fingerprint density at radius 2 is 1.95 bits per heavy atom. The molecule has 1 saturated carbocycles. The minimum absolute atomic E-state index is 0. The van der Waals surface area contributed by atoms with E-state index in [0.29, 0.717) is 18.3 Å². The Kier molecular flexibility index (Phi) is 9.84. The van der Waals surface area contributed by atoms with E-state index in [4.69, 9.17) is 4.74 Å². The molecule has 0 spiro atoms. The van der Waals surface area contributed by atoms with E-state index in [0.717, 1.165) is 64.5 Å². The summed E-state index contributed by atoms with van der Waals surface area (Å²) in [5.41, 5.74) is 0.843. The van der Waals surface area contributed by atoms with Gasteiger partial charge in [-0.3, -0.25) is 19.6 Å². The van der Waals surface area contributed by atoms with E-state index in [1.165, 1.54) is 12.3 Å². The highest BCUT2D eigenvalue weighted by atomic mass is 35.5.